The van der Waals surface area contributed by atoms with Gasteiger partial charge in [0.15, 0.2) is 11.1 Å². The molecule has 4 heterocycles. The quantitative estimate of drug-likeness (QED) is 0.371. The Balaban J connectivity index is 1.39. The number of nitrogens with zero attached hydrogens (tertiary/aromatic N) is 2. The van der Waals surface area contributed by atoms with Crippen LogP contribution in [0.25, 0.3) is 22.2 Å². The topological polar surface area (TPSA) is 134 Å². The first-order valence-corrected chi connectivity index (χ1v) is 11.2. The van der Waals surface area contributed by atoms with Crippen molar-refractivity contribution in [1.29, 1.82) is 0 Å². The van der Waals surface area contributed by atoms with Crippen molar-refractivity contribution in [2.75, 3.05) is 13.7 Å². The molecule has 3 N–H and O–H groups in total. The molecule has 4 amide bonds. The number of pyridine rings is 1. The Morgan fingerprint density at radius 1 is 1.11 bits per heavy atom. The fourth-order valence-corrected chi connectivity index (χ4v) is 4.73. The highest BCUT2D eigenvalue weighted by molar-refractivity contribution is 6.08. The fraction of sp³-hybridized carbons (Fsp3) is 0.154. The van der Waals surface area contributed by atoms with Crippen LogP contribution in [0.15, 0.2) is 65.2 Å². The summed E-state index contributed by atoms with van der Waals surface area (Å²) < 4.78 is 11.2. The third-order valence-electron chi connectivity index (χ3n) is 6.57. The molecule has 180 valence electrons. The van der Waals surface area contributed by atoms with Crippen molar-refractivity contribution in [1.82, 2.24) is 20.5 Å². The molecule has 36 heavy (non-hydrogen) atoms. The molecular weight excluding hydrogens is 464 g/mol. The summed E-state index contributed by atoms with van der Waals surface area (Å²) >= 11 is 0. The molecule has 10 heteroatoms. The van der Waals surface area contributed by atoms with Gasteiger partial charge in [0, 0.05) is 23.1 Å². The maximum atomic E-state index is 13.2. The number of carbonyl (C=O) groups excluding carboxylic acids is 3. The van der Waals surface area contributed by atoms with Crippen LogP contribution in [0.1, 0.15) is 21.7 Å². The zero-order valence-corrected chi connectivity index (χ0v) is 19.1. The maximum absolute atomic E-state index is 13.2. The SMILES string of the molecule is COc1ccc2c(c1)C(=O)N(C[C@@]1(c3cc4cc(-c5ccccc5O)ncc4o3)NC(=O)NC1=O)C2. The Kier molecular flexibility index (Phi) is 4.72. The lowest BCUT2D eigenvalue weighted by molar-refractivity contribution is -0.125. The summed E-state index contributed by atoms with van der Waals surface area (Å²) in [6, 6.07) is 14.7. The fourth-order valence-electron chi connectivity index (χ4n) is 4.73. The summed E-state index contributed by atoms with van der Waals surface area (Å²) in [4.78, 5) is 44.4. The van der Waals surface area contributed by atoms with Gasteiger partial charge in [-0.25, -0.2) is 4.79 Å². The normalized spacial score (nSPS) is 18.9. The van der Waals surface area contributed by atoms with Gasteiger partial charge in [-0.3, -0.25) is 19.9 Å². The molecule has 0 saturated carbocycles. The van der Waals surface area contributed by atoms with Gasteiger partial charge in [0.2, 0.25) is 0 Å². The molecule has 2 aliphatic rings. The van der Waals surface area contributed by atoms with Crippen LogP contribution in [0.2, 0.25) is 0 Å². The van der Waals surface area contributed by atoms with Crippen LogP contribution in [0, 0.1) is 0 Å². The minimum Gasteiger partial charge on any atom is -0.507 e. The number of rotatable bonds is 5. The van der Waals surface area contributed by atoms with Crippen molar-refractivity contribution < 1.29 is 28.6 Å². The standard InChI is InChI=1S/C26H20N4O6/c1-35-16-7-6-14-12-30(23(32)18(14)10-16)13-26(24(33)28-25(34)29-26)22-9-15-8-19(27-11-21(15)36-22)17-4-2-3-5-20(17)31/h2-11,31H,12-13H2,1H3,(H2,28,29,33,34)/t26-/m0/s1. The number of aromatic nitrogens is 1. The summed E-state index contributed by atoms with van der Waals surface area (Å²) in [5.41, 5.74) is 1.09. The third-order valence-corrected chi connectivity index (χ3v) is 6.57. The lowest BCUT2D eigenvalue weighted by Crippen LogP contribution is -2.52. The molecule has 0 aliphatic carbocycles. The molecule has 0 bridgehead atoms. The van der Waals surface area contributed by atoms with Crippen LogP contribution < -0.4 is 15.4 Å². The highest BCUT2D eigenvalue weighted by Crippen LogP contribution is 2.36. The number of ether oxygens (including phenoxy) is 1. The van der Waals surface area contributed by atoms with Crippen molar-refractivity contribution in [3.05, 3.63) is 77.7 Å². The highest BCUT2D eigenvalue weighted by atomic mass is 16.5. The number of nitrogens with one attached hydrogen (secondary N) is 2. The first kappa shape index (κ1) is 21.7. The minimum absolute atomic E-state index is 0.0794. The largest absolute Gasteiger partial charge is 0.507 e. The van der Waals surface area contributed by atoms with Gasteiger partial charge in [-0.15, -0.1) is 0 Å². The number of benzene rings is 2. The molecule has 6 rings (SSSR count). The molecule has 0 unspecified atom stereocenters. The number of imide groups is 1. The van der Waals surface area contributed by atoms with Crippen molar-refractivity contribution in [3.63, 3.8) is 0 Å². The molecule has 1 fully saturated rings. The zero-order chi connectivity index (χ0) is 25.0. The van der Waals surface area contributed by atoms with E-state index in [9.17, 15) is 19.5 Å². The number of phenolic OH excluding ortho intramolecular Hbond substituents is 1. The van der Waals surface area contributed by atoms with Gasteiger partial charge in [0.05, 0.1) is 25.5 Å². The van der Waals surface area contributed by atoms with Gasteiger partial charge in [-0.05, 0) is 42.0 Å². The van der Waals surface area contributed by atoms with E-state index < -0.39 is 17.5 Å². The first-order valence-electron chi connectivity index (χ1n) is 11.2. The van der Waals surface area contributed by atoms with Crippen LogP contribution >= 0.6 is 0 Å². The van der Waals surface area contributed by atoms with Crippen LogP contribution in [-0.2, 0) is 16.9 Å². The average molecular weight is 484 g/mol. The van der Waals surface area contributed by atoms with Crippen molar-refractivity contribution >= 4 is 28.8 Å². The van der Waals surface area contributed by atoms with Gasteiger partial charge in [-0.2, -0.15) is 0 Å². The van der Waals surface area contributed by atoms with Crippen LogP contribution in [0.5, 0.6) is 11.5 Å². The van der Waals surface area contributed by atoms with E-state index in [0.717, 1.165) is 5.56 Å². The molecule has 1 saturated heterocycles. The van der Waals surface area contributed by atoms with E-state index in [2.05, 4.69) is 15.6 Å². The smallest absolute Gasteiger partial charge is 0.322 e. The molecule has 2 aromatic heterocycles. The van der Waals surface area contributed by atoms with Crippen molar-refractivity contribution in [2.24, 2.45) is 0 Å². The van der Waals surface area contributed by atoms with Crippen LogP contribution in [0.3, 0.4) is 0 Å². The number of furan rings is 1. The van der Waals surface area contributed by atoms with E-state index in [1.54, 1.807) is 54.6 Å². The van der Waals surface area contributed by atoms with Gasteiger partial charge in [-0.1, -0.05) is 18.2 Å². The van der Waals surface area contributed by atoms with E-state index in [0.29, 0.717) is 33.5 Å². The number of phenols is 1. The summed E-state index contributed by atoms with van der Waals surface area (Å²) in [6.45, 7) is 0.127. The molecule has 1 atom stereocenters. The predicted octanol–water partition coefficient (Wildman–Crippen LogP) is 2.90. The number of hydrogen-bond donors (Lipinski definition) is 3. The van der Waals surface area contributed by atoms with Gasteiger partial charge in [0.1, 0.15) is 17.3 Å². The van der Waals surface area contributed by atoms with E-state index >= 15 is 0 Å². The van der Waals surface area contributed by atoms with Gasteiger partial charge in [0.25, 0.3) is 11.8 Å². The number of methoxy groups -OCH3 is 1. The number of amides is 4. The van der Waals surface area contributed by atoms with Crippen molar-refractivity contribution in [3.8, 4) is 22.8 Å². The zero-order valence-electron chi connectivity index (χ0n) is 19.1. The average Bonchev–Trinajstić information content (AvgIpc) is 3.52. The number of urea groups is 1. The monoisotopic (exact) mass is 484 g/mol. The number of para-hydroxylation sites is 1. The Hall–Kier alpha value is -4.86. The summed E-state index contributed by atoms with van der Waals surface area (Å²) in [5.74, 6) is -0.108. The summed E-state index contributed by atoms with van der Waals surface area (Å²) in [7, 11) is 1.52. The third kappa shape index (κ3) is 3.26. The van der Waals surface area contributed by atoms with Crippen molar-refractivity contribution in [2.45, 2.75) is 12.1 Å². The Labute approximate surface area is 204 Å². The number of aromatic hydroxyl groups is 1. The lowest BCUT2D eigenvalue weighted by Gasteiger charge is -2.29. The first-order chi connectivity index (χ1) is 17.4. The van der Waals surface area contributed by atoms with Crippen LogP contribution in [0.4, 0.5) is 4.79 Å². The molecule has 0 radical (unpaired) electrons. The molecule has 4 aromatic rings. The highest BCUT2D eigenvalue weighted by Gasteiger charge is 2.53. The maximum Gasteiger partial charge on any atom is 0.322 e. The van der Waals surface area contributed by atoms with Gasteiger partial charge >= 0.3 is 6.03 Å². The predicted molar refractivity (Wildman–Crippen MR) is 127 cm³/mol. The van der Waals surface area contributed by atoms with E-state index in [1.807, 2.05) is 0 Å². The Morgan fingerprint density at radius 2 is 1.94 bits per heavy atom. The minimum atomic E-state index is -1.63. The Bertz CT molecular complexity index is 1580. The van der Waals surface area contributed by atoms with E-state index in [1.165, 1.54) is 18.2 Å². The number of carbonyl (C=O) groups is 3. The summed E-state index contributed by atoms with van der Waals surface area (Å²) in [5, 5.41) is 15.8. The second-order valence-corrected chi connectivity index (χ2v) is 8.73. The molecule has 2 aliphatic heterocycles. The van der Waals surface area contributed by atoms with E-state index in [-0.39, 0.29) is 30.5 Å². The second-order valence-electron chi connectivity index (χ2n) is 8.73. The summed E-state index contributed by atoms with van der Waals surface area (Å²) in [6.07, 6.45) is 1.49. The number of fused-ring (bicyclic) bond motifs is 2. The lowest BCUT2D eigenvalue weighted by atomic mass is 9.95. The number of hydrogen-bond acceptors (Lipinski definition) is 7. The van der Waals surface area contributed by atoms with Crippen LogP contribution in [-0.4, -0.2) is 46.5 Å². The van der Waals surface area contributed by atoms with E-state index in [4.69, 9.17) is 9.15 Å². The molecule has 0 spiro atoms. The molecule has 2 aromatic carbocycles. The molecular formula is C26H20N4O6. The molecule has 10 nitrogen and oxygen atoms in total. The second kappa shape index (κ2) is 7.84. The Morgan fingerprint density at radius 3 is 2.69 bits per heavy atom. The van der Waals surface area contributed by atoms with Gasteiger partial charge < -0.3 is 24.5 Å².